The standard InChI is InChI=1S/C6H9NO5/c8-5-1-2-6(9)7(5)11-3-4-12-10/h10H,1-4H2. The van der Waals surface area contributed by atoms with Crippen LogP contribution in [0.5, 0.6) is 0 Å². The second-order valence-corrected chi connectivity index (χ2v) is 2.25. The molecule has 12 heavy (non-hydrogen) atoms. The van der Waals surface area contributed by atoms with Gasteiger partial charge in [-0.15, -0.1) is 0 Å². The fourth-order valence-corrected chi connectivity index (χ4v) is 0.866. The summed E-state index contributed by atoms with van der Waals surface area (Å²) in [7, 11) is 0. The zero-order valence-electron chi connectivity index (χ0n) is 6.36. The molecule has 1 fully saturated rings. The van der Waals surface area contributed by atoms with Crippen LogP contribution in [0.2, 0.25) is 0 Å². The first-order chi connectivity index (χ1) is 5.75. The van der Waals surface area contributed by atoms with Gasteiger partial charge >= 0.3 is 0 Å². The molecule has 1 heterocycles. The summed E-state index contributed by atoms with van der Waals surface area (Å²) in [6.45, 7) is -0.0922. The molecule has 1 aliphatic heterocycles. The van der Waals surface area contributed by atoms with E-state index < -0.39 is 0 Å². The normalized spacial score (nSPS) is 17.6. The lowest BCUT2D eigenvalue weighted by atomic mass is 10.4. The highest BCUT2D eigenvalue weighted by molar-refractivity contribution is 6.00. The van der Waals surface area contributed by atoms with E-state index >= 15 is 0 Å². The fourth-order valence-electron chi connectivity index (χ4n) is 0.866. The van der Waals surface area contributed by atoms with E-state index in [1.165, 1.54) is 0 Å². The van der Waals surface area contributed by atoms with Crippen molar-refractivity contribution in [2.45, 2.75) is 12.8 Å². The second kappa shape index (κ2) is 4.15. The van der Waals surface area contributed by atoms with Gasteiger partial charge in [-0.3, -0.25) is 19.7 Å². The Morgan fingerprint density at radius 1 is 1.25 bits per heavy atom. The molecule has 68 valence electrons. The lowest BCUT2D eigenvalue weighted by Crippen LogP contribution is -2.30. The lowest BCUT2D eigenvalue weighted by Gasteiger charge is -2.11. The Hall–Kier alpha value is -0.980. The van der Waals surface area contributed by atoms with Crippen LogP contribution in [0, 0.1) is 0 Å². The number of imide groups is 1. The van der Waals surface area contributed by atoms with Crippen molar-refractivity contribution in [2.75, 3.05) is 13.2 Å². The van der Waals surface area contributed by atoms with Gasteiger partial charge in [0.25, 0.3) is 11.8 Å². The summed E-state index contributed by atoms with van der Waals surface area (Å²) >= 11 is 0. The fraction of sp³-hybridized carbons (Fsp3) is 0.667. The van der Waals surface area contributed by atoms with E-state index in [0.29, 0.717) is 5.06 Å². The smallest absolute Gasteiger partial charge is 0.253 e. The van der Waals surface area contributed by atoms with Gasteiger partial charge in [0.15, 0.2) is 0 Å². The van der Waals surface area contributed by atoms with Gasteiger partial charge in [-0.25, -0.2) is 4.89 Å². The lowest BCUT2D eigenvalue weighted by molar-refractivity contribution is -0.262. The quantitative estimate of drug-likeness (QED) is 0.271. The monoisotopic (exact) mass is 175 g/mol. The first kappa shape index (κ1) is 9.11. The molecule has 0 spiro atoms. The average molecular weight is 175 g/mol. The molecule has 1 N–H and O–H groups in total. The van der Waals surface area contributed by atoms with Crippen molar-refractivity contribution >= 4 is 11.8 Å². The molecule has 1 saturated heterocycles. The van der Waals surface area contributed by atoms with Crippen LogP contribution in [0.15, 0.2) is 0 Å². The van der Waals surface area contributed by atoms with E-state index in [2.05, 4.69) is 4.89 Å². The van der Waals surface area contributed by atoms with Crippen LogP contribution in [0.3, 0.4) is 0 Å². The van der Waals surface area contributed by atoms with Crippen molar-refractivity contribution in [3.05, 3.63) is 0 Å². The largest absolute Gasteiger partial charge is 0.272 e. The van der Waals surface area contributed by atoms with E-state index in [-0.39, 0.29) is 37.9 Å². The molecule has 0 aliphatic carbocycles. The number of carbonyl (C=O) groups excluding carboxylic acids is 2. The van der Waals surface area contributed by atoms with Crippen LogP contribution in [0.1, 0.15) is 12.8 Å². The molecular weight excluding hydrogens is 166 g/mol. The van der Waals surface area contributed by atoms with Gasteiger partial charge in [-0.05, 0) is 0 Å². The van der Waals surface area contributed by atoms with Gasteiger partial charge in [-0.2, -0.15) is 5.06 Å². The van der Waals surface area contributed by atoms with Crippen molar-refractivity contribution in [3.63, 3.8) is 0 Å². The van der Waals surface area contributed by atoms with E-state index in [0.717, 1.165) is 0 Å². The summed E-state index contributed by atoms with van der Waals surface area (Å²) in [4.78, 5) is 30.1. The maximum Gasteiger partial charge on any atom is 0.253 e. The average Bonchev–Trinajstić information content (AvgIpc) is 2.35. The van der Waals surface area contributed by atoms with Gasteiger partial charge in [0, 0.05) is 12.8 Å². The van der Waals surface area contributed by atoms with E-state index in [4.69, 9.17) is 10.1 Å². The number of hydrogen-bond acceptors (Lipinski definition) is 5. The first-order valence-corrected chi connectivity index (χ1v) is 3.51. The van der Waals surface area contributed by atoms with Crippen LogP contribution < -0.4 is 0 Å². The van der Waals surface area contributed by atoms with Gasteiger partial charge in [0.2, 0.25) is 0 Å². The van der Waals surface area contributed by atoms with Crippen molar-refractivity contribution in [3.8, 4) is 0 Å². The number of nitrogens with zero attached hydrogens (tertiary/aromatic N) is 1. The molecule has 0 bridgehead atoms. The van der Waals surface area contributed by atoms with Crippen LogP contribution >= 0.6 is 0 Å². The number of hydrogen-bond donors (Lipinski definition) is 1. The summed E-state index contributed by atoms with van der Waals surface area (Å²) < 4.78 is 0. The molecule has 0 aromatic carbocycles. The third-order valence-corrected chi connectivity index (χ3v) is 1.40. The van der Waals surface area contributed by atoms with Crippen LogP contribution in [0.25, 0.3) is 0 Å². The number of hydroxylamine groups is 2. The highest BCUT2D eigenvalue weighted by Gasteiger charge is 2.29. The van der Waals surface area contributed by atoms with Gasteiger partial charge < -0.3 is 0 Å². The second-order valence-electron chi connectivity index (χ2n) is 2.25. The molecule has 0 aromatic heterocycles. The highest BCUT2D eigenvalue weighted by atomic mass is 17.1. The van der Waals surface area contributed by atoms with E-state index in [9.17, 15) is 9.59 Å². The van der Waals surface area contributed by atoms with Crippen molar-refractivity contribution in [1.29, 1.82) is 0 Å². The minimum atomic E-state index is -0.349. The molecule has 2 amide bonds. The van der Waals surface area contributed by atoms with Crippen molar-refractivity contribution in [2.24, 2.45) is 0 Å². The van der Waals surface area contributed by atoms with E-state index in [1.54, 1.807) is 0 Å². The number of amides is 2. The Morgan fingerprint density at radius 3 is 2.33 bits per heavy atom. The minimum absolute atomic E-state index is 0.0199. The van der Waals surface area contributed by atoms with Crippen molar-refractivity contribution in [1.82, 2.24) is 5.06 Å². The molecule has 1 aliphatic rings. The third-order valence-electron chi connectivity index (χ3n) is 1.40. The molecule has 1 rings (SSSR count). The van der Waals surface area contributed by atoms with Crippen LogP contribution in [-0.4, -0.2) is 35.3 Å². The molecule has 6 nitrogen and oxygen atoms in total. The zero-order chi connectivity index (χ0) is 8.97. The Morgan fingerprint density at radius 2 is 1.83 bits per heavy atom. The molecular formula is C6H9NO5. The first-order valence-electron chi connectivity index (χ1n) is 3.51. The van der Waals surface area contributed by atoms with Gasteiger partial charge in [0.1, 0.15) is 13.2 Å². The van der Waals surface area contributed by atoms with Gasteiger partial charge in [0.05, 0.1) is 0 Å². The highest BCUT2D eigenvalue weighted by Crippen LogP contribution is 2.11. The minimum Gasteiger partial charge on any atom is -0.272 e. The summed E-state index contributed by atoms with van der Waals surface area (Å²) in [6, 6.07) is 0. The Kier molecular flexibility index (Phi) is 3.15. The maximum atomic E-state index is 10.9. The predicted octanol–water partition coefficient (Wildman–Crippen LogP) is -0.443. The molecule has 0 aromatic rings. The summed E-state index contributed by atoms with van der Waals surface area (Å²) in [5, 5.41) is 8.61. The topological polar surface area (TPSA) is 76.1 Å². The third kappa shape index (κ3) is 2.00. The summed E-state index contributed by atoms with van der Waals surface area (Å²) in [5.74, 6) is -0.698. The number of carbonyl (C=O) groups is 2. The summed E-state index contributed by atoms with van der Waals surface area (Å²) in [6.07, 6.45) is 0.387. The Balaban J connectivity index is 2.30. The van der Waals surface area contributed by atoms with Crippen LogP contribution in [0.4, 0.5) is 0 Å². The molecule has 0 atom stereocenters. The predicted molar refractivity (Wildman–Crippen MR) is 35.6 cm³/mol. The Bertz CT molecular complexity index is 176. The molecule has 0 saturated carbocycles. The van der Waals surface area contributed by atoms with Gasteiger partial charge in [-0.1, -0.05) is 0 Å². The van der Waals surface area contributed by atoms with E-state index in [1.807, 2.05) is 0 Å². The number of rotatable bonds is 4. The summed E-state index contributed by atoms with van der Waals surface area (Å²) in [5.41, 5.74) is 0. The zero-order valence-corrected chi connectivity index (χ0v) is 6.36. The van der Waals surface area contributed by atoms with Crippen LogP contribution in [-0.2, 0) is 19.3 Å². The molecule has 0 radical (unpaired) electrons. The Labute approximate surface area is 68.5 Å². The SMILES string of the molecule is O=C1CCC(=O)N1OCCOO. The van der Waals surface area contributed by atoms with Crippen molar-refractivity contribution < 1.29 is 24.6 Å². The molecule has 6 heteroatoms. The maximum absolute atomic E-state index is 10.9. The molecule has 0 unspecified atom stereocenters.